The molecule has 2 aliphatic rings. The van der Waals surface area contributed by atoms with Gasteiger partial charge in [0.15, 0.2) is 24.7 Å². The highest BCUT2D eigenvalue weighted by molar-refractivity contribution is 8.93. The molecule has 4 atom stereocenters. The normalized spacial score (nSPS) is 16.0. The number of carboxylic acids is 1. The molecule has 2 aromatic heterocycles. The number of nitrogens with one attached hydrogen (secondary N) is 2. The maximum absolute atomic E-state index is 15.7. The Hall–Kier alpha value is -9.34. The molecule has 6 aromatic carbocycles. The zero-order chi connectivity index (χ0) is 74.9. The zero-order valence-electron chi connectivity index (χ0n) is 58.5. The van der Waals surface area contributed by atoms with Crippen LogP contribution in [0.2, 0.25) is 0 Å². The number of hydrogen-bond donors (Lipinski definition) is 5. The summed E-state index contributed by atoms with van der Waals surface area (Å²) in [7, 11) is 0. The first kappa shape index (κ1) is 82.0. The average molecular weight is 1540 g/mol. The molecule has 4 heterocycles. The van der Waals surface area contributed by atoms with Crippen LogP contribution in [0.25, 0.3) is 22.5 Å². The number of esters is 2. The van der Waals surface area contributed by atoms with E-state index in [0.29, 0.717) is 123 Å². The summed E-state index contributed by atoms with van der Waals surface area (Å²) in [4.78, 5) is 44.1. The molecular formula is C74H82BrF7N12O8S2+4. The molecule has 550 valence electrons. The van der Waals surface area contributed by atoms with Crippen molar-refractivity contribution in [3.8, 4) is 46.2 Å². The summed E-state index contributed by atoms with van der Waals surface area (Å²) in [5.74, 6) is -5.11. The third-order valence-electron chi connectivity index (χ3n) is 16.9. The Morgan fingerprint density at radius 3 is 1.24 bits per heavy atom. The molecule has 0 saturated heterocycles. The standard InChI is InChI=1S/2C36H40F2N6O3S.C2HF3O2.BrH/c2*1-5-40-26(4)35(46)47-34-24(2)16-28(17-25(34)3)20-42-22-43(36-41-32(21-48-36)29-10-8-27(19-39)9-11-29)44(23-42,14-6-7-15-45)33-13-12-30(37)18-31(33)38;3-2(4,5)1(6)7;/h2*8-13,16-18,21,23,26,40,45H,5-7,14-15,20,22H2,1-4H3;(H,6,7);1H/q2*+2;;/t2*26?,44-;;/m11../s1. The van der Waals surface area contributed by atoms with Crippen molar-refractivity contribution < 1.29 is 79.1 Å². The van der Waals surface area contributed by atoms with Crippen LogP contribution in [0.15, 0.2) is 120 Å². The summed E-state index contributed by atoms with van der Waals surface area (Å²) in [5.41, 5.74) is 9.93. The molecular weight excluding hydrogens is 1460 g/mol. The van der Waals surface area contributed by atoms with E-state index in [0.717, 1.165) is 56.6 Å². The minimum atomic E-state index is -5.08. The number of ether oxygens (including phenoxy) is 2. The molecule has 0 radical (unpaired) electrons. The van der Waals surface area contributed by atoms with Gasteiger partial charge in [-0.25, -0.2) is 41.9 Å². The summed E-state index contributed by atoms with van der Waals surface area (Å²) in [6.07, 6.45) is 0.922. The minimum absolute atomic E-state index is 0. The maximum Gasteiger partial charge on any atom is 0.490 e. The van der Waals surface area contributed by atoms with Crippen LogP contribution >= 0.6 is 39.7 Å². The zero-order valence-corrected chi connectivity index (χ0v) is 61.8. The van der Waals surface area contributed by atoms with Crippen LogP contribution in [-0.2, 0) is 27.5 Å². The molecule has 0 bridgehead atoms. The molecule has 0 saturated carbocycles. The number of anilines is 2. The molecule has 30 heteroatoms. The number of carbonyl (C=O) groups is 3. The number of unbranched alkanes of at least 4 members (excludes halogenated alkanes) is 2. The number of quaternary nitrogens is 2. The molecule has 0 amide bonds. The van der Waals surface area contributed by atoms with Crippen molar-refractivity contribution in [3.05, 3.63) is 188 Å². The predicted octanol–water partition coefficient (Wildman–Crippen LogP) is 13.6. The van der Waals surface area contributed by atoms with E-state index in [4.69, 9.17) is 29.3 Å². The van der Waals surface area contributed by atoms with E-state index in [1.807, 2.05) is 124 Å². The van der Waals surface area contributed by atoms with Gasteiger partial charge >= 0.3 is 36.8 Å². The Kier molecular flexibility index (Phi) is 29.1. The second kappa shape index (κ2) is 36.9. The fourth-order valence-electron chi connectivity index (χ4n) is 12.1. The number of carbonyl (C=O) groups excluding carboxylic acids is 2. The molecule has 5 N–H and O–H groups in total. The van der Waals surface area contributed by atoms with Crippen molar-refractivity contribution in [2.75, 3.05) is 62.7 Å². The molecule has 20 nitrogen and oxygen atoms in total. The quantitative estimate of drug-likeness (QED) is 0.00846. The van der Waals surface area contributed by atoms with Gasteiger partial charge in [0.05, 0.1) is 34.7 Å². The molecule has 8 aromatic rings. The second-order valence-electron chi connectivity index (χ2n) is 24.7. The second-order valence-corrected chi connectivity index (χ2v) is 26.4. The number of aliphatic hydroxyl groups excluding tert-OH is 2. The lowest BCUT2D eigenvalue weighted by Crippen LogP contribution is -2.59. The molecule has 0 spiro atoms. The van der Waals surface area contributed by atoms with Gasteiger partial charge in [-0.15, -0.1) is 27.0 Å². The van der Waals surface area contributed by atoms with Crippen LogP contribution in [-0.4, -0.2) is 136 Å². The molecule has 104 heavy (non-hydrogen) atoms. The third-order valence-corrected chi connectivity index (χ3v) is 18.6. The van der Waals surface area contributed by atoms with Gasteiger partial charge in [-0.05, 0) is 150 Å². The van der Waals surface area contributed by atoms with Gasteiger partial charge in [0.25, 0.3) is 13.3 Å². The molecule has 0 aliphatic carbocycles. The van der Waals surface area contributed by atoms with Crippen LogP contribution in [0, 0.1) is 73.6 Å². The fraction of sp³-hybridized carbons (Fsp3) is 0.338. The van der Waals surface area contributed by atoms with E-state index < -0.39 is 47.5 Å². The lowest BCUT2D eigenvalue weighted by atomic mass is 10.1. The van der Waals surface area contributed by atoms with Gasteiger partial charge in [-0.2, -0.15) is 32.8 Å². The number of aliphatic carboxylic acids is 1. The Labute approximate surface area is 616 Å². The molecule has 2 unspecified atom stereocenters. The first-order valence-corrected chi connectivity index (χ1v) is 34.8. The van der Waals surface area contributed by atoms with Crippen LogP contribution < -0.4 is 39.3 Å². The molecule has 2 aliphatic heterocycles. The number of nitriles is 2. The number of alkyl halides is 3. The number of likely N-dealkylation sites (N-methyl/N-ethyl adjacent to an activating group) is 2. The van der Waals surface area contributed by atoms with E-state index in [1.165, 1.54) is 46.9 Å². The van der Waals surface area contributed by atoms with Crippen LogP contribution in [0.4, 0.5) is 52.4 Å². The number of benzene rings is 6. The Morgan fingerprint density at radius 1 is 0.596 bits per heavy atom. The summed E-state index contributed by atoms with van der Waals surface area (Å²) in [6, 6.07) is 32.9. The molecule has 0 fully saturated rings. The van der Waals surface area contributed by atoms with E-state index >= 15 is 8.78 Å². The van der Waals surface area contributed by atoms with E-state index in [1.54, 1.807) is 38.1 Å². The van der Waals surface area contributed by atoms with E-state index in [9.17, 15) is 52.3 Å². The van der Waals surface area contributed by atoms with Crippen LogP contribution in [0.3, 0.4) is 0 Å². The predicted molar refractivity (Wildman–Crippen MR) is 391 cm³/mol. The Bertz CT molecular complexity index is 4180. The average Bonchev–Trinajstić information content (AvgIpc) is 1.40. The van der Waals surface area contributed by atoms with Gasteiger partial charge in [0, 0.05) is 83.3 Å². The Morgan fingerprint density at radius 2 is 0.942 bits per heavy atom. The number of aliphatic hydroxyl groups is 2. The van der Waals surface area contributed by atoms with Gasteiger partial charge in [0.1, 0.15) is 48.3 Å². The lowest BCUT2D eigenvalue weighted by Gasteiger charge is -2.33. The number of aryl methyl sites for hydroxylation is 4. The minimum Gasteiger partial charge on any atom is -0.475 e. The third kappa shape index (κ3) is 20.1. The number of halogens is 8. The van der Waals surface area contributed by atoms with Crippen molar-refractivity contribution in [3.63, 3.8) is 0 Å². The molecule has 10 rings (SSSR count). The number of thiazole rings is 2. The van der Waals surface area contributed by atoms with Crippen molar-refractivity contribution in [2.45, 2.75) is 112 Å². The van der Waals surface area contributed by atoms with E-state index in [2.05, 4.69) is 31.9 Å². The van der Waals surface area contributed by atoms with Crippen molar-refractivity contribution in [1.82, 2.24) is 29.8 Å². The Balaban J connectivity index is 0.000000264. The van der Waals surface area contributed by atoms with Crippen molar-refractivity contribution in [1.29, 1.82) is 10.5 Å². The first-order chi connectivity index (χ1) is 49.1. The summed E-state index contributed by atoms with van der Waals surface area (Å²) in [5, 5.41) is 60.1. The number of rotatable bonds is 26. The fourth-order valence-corrected chi connectivity index (χ4v) is 13.9. The number of hydrogen-bond acceptors (Lipinski definition) is 17. The highest BCUT2D eigenvalue weighted by Gasteiger charge is 2.53. The maximum atomic E-state index is 15.7. The van der Waals surface area contributed by atoms with Gasteiger partial charge in [-0.1, -0.05) is 70.0 Å². The number of aromatic nitrogens is 2. The smallest absolute Gasteiger partial charge is 0.475 e. The van der Waals surface area contributed by atoms with Crippen LogP contribution in [0.5, 0.6) is 11.5 Å². The van der Waals surface area contributed by atoms with Crippen LogP contribution in [0.1, 0.15) is 97.9 Å². The summed E-state index contributed by atoms with van der Waals surface area (Å²) in [6.45, 7) is 18.6. The van der Waals surface area contributed by atoms with Gasteiger partial charge < -0.3 is 35.4 Å². The van der Waals surface area contributed by atoms with Gasteiger partial charge in [0.2, 0.25) is 21.6 Å². The monoisotopic (exact) mass is 1540 g/mol. The highest BCUT2D eigenvalue weighted by atomic mass is 79.9. The lowest BCUT2D eigenvalue weighted by molar-refractivity contribution is -0.531. The topological polar surface area (TPSA) is 240 Å². The van der Waals surface area contributed by atoms with Crippen molar-refractivity contribution >= 4 is 91.9 Å². The summed E-state index contributed by atoms with van der Waals surface area (Å²) < 4.78 is 107. The summed E-state index contributed by atoms with van der Waals surface area (Å²) >= 11 is 2.82. The van der Waals surface area contributed by atoms with Crippen molar-refractivity contribution in [2.24, 2.45) is 0 Å². The highest BCUT2D eigenvalue weighted by Crippen LogP contribution is 2.41. The largest absolute Gasteiger partial charge is 0.490 e. The first-order valence-electron chi connectivity index (χ1n) is 33.1. The number of carboxylic acid groups (broad SMARTS) is 1. The number of nitrogens with zero attached hydrogens (tertiary/aromatic N) is 10. The SMILES string of the molecule is Br.CCNC(C)C(=O)Oc1c(C)cc(C[N+]2=C[N@+](CCCCO)(c3ccc(F)cc3F)N(c3nc(-c4ccc(C#N)cc4)cs3)C2)cc1C.CCNC(C)C(=O)Oc1c(C)cc(C[N+]2=C[N@+](CCCCO)(c3ccc(F)cc3F)N(c3nc(-c4ccc(C#N)cc4)cs3)C2)cc1C.O=C(O)C(F)(F)F. The van der Waals surface area contributed by atoms with Gasteiger partial charge in [-0.3, -0.25) is 0 Å². The van der Waals surface area contributed by atoms with E-state index in [-0.39, 0.29) is 62.7 Å².